The predicted molar refractivity (Wildman–Crippen MR) is 70.7 cm³/mol. The lowest BCUT2D eigenvalue weighted by Gasteiger charge is -2.08. The fraction of sp³-hybridized carbons (Fsp3) is 0. The van der Waals surface area contributed by atoms with E-state index in [9.17, 15) is 13.6 Å². The number of pyridine rings is 1. The Balaban J connectivity index is 2.30. The Labute approximate surface area is 115 Å². The molecule has 7 heteroatoms. The molecule has 0 bridgehead atoms. The maximum Gasteiger partial charge on any atom is 0.259 e. The third kappa shape index (κ3) is 2.87. The topological polar surface area (TPSA) is 68.0 Å². The first-order valence-corrected chi connectivity index (χ1v) is 5.93. The number of amides is 1. The van der Waals surface area contributed by atoms with Crippen LogP contribution in [0.3, 0.4) is 0 Å². The SMILES string of the molecule is Nc1ccncc1C(=O)Nc1cc(Br)c(F)cc1F. The minimum absolute atomic E-state index is 0.0448. The van der Waals surface area contributed by atoms with E-state index in [1.165, 1.54) is 18.5 Å². The zero-order valence-electron chi connectivity index (χ0n) is 9.45. The number of halogens is 3. The Morgan fingerprint density at radius 2 is 2.05 bits per heavy atom. The van der Waals surface area contributed by atoms with Crippen molar-refractivity contribution in [3.8, 4) is 0 Å². The minimum atomic E-state index is -0.878. The molecule has 0 aliphatic carbocycles. The number of carbonyl (C=O) groups is 1. The highest BCUT2D eigenvalue weighted by Crippen LogP contribution is 2.24. The maximum atomic E-state index is 13.5. The van der Waals surface area contributed by atoms with Gasteiger partial charge in [0.05, 0.1) is 15.7 Å². The number of nitrogens with zero attached hydrogens (tertiary/aromatic N) is 1. The van der Waals surface area contributed by atoms with Gasteiger partial charge in [-0.2, -0.15) is 0 Å². The van der Waals surface area contributed by atoms with Gasteiger partial charge in [-0.05, 0) is 28.1 Å². The minimum Gasteiger partial charge on any atom is -0.398 e. The second kappa shape index (κ2) is 5.31. The van der Waals surface area contributed by atoms with Crippen molar-refractivity contribution in [2.24, 2.45) is 0 Å². The Morgan fingerprint density at radius 3 is 2.74 bits per heavy atom. The van der Waals surface area contributed by atoms with E-state index in [2.05, 4.69) is 26.2 Å². The molecule has 19 heavy (non-hydrogen) atoms. The van der Waals surface area contributed by atoms with E-state index in [0.717, 1.165) is 6.07 Å². The van der Waals surface area contributed by atoms with Crippen LogP contribution in [0.2, 0.25) is 0 Å². The second-order valence-electron chi connectivity index (χ2n) is 3.66. The van der Waals surface area contributed by atoms with Gasteiger partial charge in [-0.25, -0.2) is 8.78 Å². The van der Waals surface area contributed by atoms with E-state index >= 15 is 0 Å². The number of hydrogen-bond donors (Lipinski definition) is 2. The van der Waals surface area contributed by atoms with Gasteiger partial charge in [-0.1, -0.05) is 0 Å². The molecule has 1 amide bonds. The number of nitrogen functional groups attached to an aromatic ring is 1. The number of rotatable bonds is 2. The van der Waals surface area contributed by atoms with E-state index < -0.39 is 17.5 Å². The van der Waals surface area contributed by atoms with Crippen molar-refractivity contribution in [2.45, 2.75) is 0 Å². The van der Waals surface area contributed by atoms with Gasteiger partial charge in [-0.3, -0.25) is 9.78 Å². The first kappa shape index (κ1) is 13.4. The van der Waals surface area contributed by atoms with Crippen LogP contribution in [0.15, 0.2) is 35.1 Å². The highest BCUT2D eigenvalue weighted by Gasteiger charge is 2.14. The van der Waals surface area contributed by atoms with Gasteiger partial charge in [0.15, 0.2) is 0 Å². The third-order valence-corrected chi connectivity index (χ3v) is 2.97. The van der Waals surface area contributed by atoms with Crippen LogP contribution < -0.4 is 11.1 Å². The summed E-state index contributed by atoms with van der Waals surface area (Å²) in [5.74, 6) is -2.25. The van der Waals surface area contributed by atoms with Crippen LogP contribution in [0.5, 0.6) is 0 Å². The van der Waals surface area contributed by atoms with E-state index in [4.69, 9.17) is 5.73 Å². The lowest BCUT2D eigenvalue weighted by molar-refractivity contribution is 0.102. The molecule has 0 saturated carbocycles. The Hall–Kier alpha value is -2.02. The first-order chi connectivity index (χ1) is 8.99. The van der Waals surface area contributed by atoms with Crippen molar-refractivity contribution in [2.75, 3.05) is 11.1 Å². The zero-order chi connectivity index (χ0) is 14.0. The Kier molecular flexibility index (Phi) is 3.75. The summed E-state index contributed by atoms with van der Waals surface area (Å²) in [4.78, 5) is 15.6. The summed E-state index contributed by atoms with van der Waals surface area (Å²) >= 11 is 2.91. The standard InChI is InChI=1S/C12H8BrF2N3O/c13-7-3-11(9(15)4-8(7)14)18-12(19)6-5-17-2-1-10(6)16/h1-5H,(H2,16,17)(H,18,19). The van der Waals surface area contributed by atoms with Crippen LogP contribution in [0.25, 0.3) is 0 Å². The van der Waals surface area contributed by atoms with Gasteiger partial charge in [0.1, 0.15) is 11.6 Å². The molecule has 0 aliphatic heterocycles. The molecule has 2 aromatic rings. The summed E-state index contributed by atoms with van der Waals surface area (Å²) in [6.07, 6.45) is 2.70. The van der Waals surface area contributed by atoms with Crippen molar-refractivity contribution in [3.05, 3.63) is 52.3 Å². The second-order valence-corrected chi connectivity index (χ2v) is 4.52. The van der Waals surface area contributed by atoms with E-state index in [1.54, 1.807) is 0 Å². The lowest BCUT2D eigenvalue weighted by atomic mass is 10.2. The van der Waals surface area contributed by atoms with Crippen molar-refractivity contribution >= 4 is 33.2 Å². The monoisotopic (exact) mass is 327 g/mol. The average Bonchev–Trinajstić information content (AvgIpc) is 2.36. The number of nitrogens with two attached hydrogens (primary N) is 1. The predicted octanol–water partition coefficient (Wildman–Crippen LogP) is 2.96. The number of nitrogens with one attached hydrogen (secondary N) is 1. The lowest BCUT2D eigenvalue weighted by Crippen LogP contribution is -2.15. The van der Waals surface area contributed by atoms with Crippen LogP contribution in [0.4, 0.5) is 20.2 Å². The summed E-state index contributed by atoms with van der Waals surface area (Å²) in [6, 6.07) is 3.26. The van der Waals surface area contributed by atoms with Gasteiger partial charge < -0.3 is 11.1 Å². The van der Waals surface area contributed by atoms with Crippen molar-refractivity contribution in [1.29, 1.82) is 0 Å². The molecule has 0 fully saturated rings. The van der Waals surface area contributed by atoms with E-state index in [-0.39, 0.29) is 21.4 Å². The van der Waals surface area contributed by atoms with Crippen LogP contribution >= 0.6 is 15.9 Å². The molecule has 0 saturated heterocycles. The molecule has 0 unspecified atom stereocenters. The highest BCUT2D eigenvalue weighted by molar-refractivity contribution is 9.10. The van der Waals surface area contributed by atoms with E-state index in [1.807, 2.05) is 0 Å². The fourth-order valence-electron chi connectivity index (χ4n) is 1.40. The normalized spacial score (nSPS) is 10.3. The van der Waals surface area contributed by atoms with Crippen molar-refractivity contribution in [3.63, 3.8) is 0 Å². The summed E-state index contributed by atoms with van der Waals surface area (Å²) in [6.45, 7) is 0. The van der Waals surface area contributed by atoms with Gasteiger partial charge in [0.25, 0.3) is 5.91 Å². The molecule has 3 N–H and O–H groups in total. The number of anilines is 2. The summed E-state index contributed by atoms with van der Waals surface area (Å²) in [7, 11) is 0. The molecular formula is C12H8BrF2N3O. The summed E-state index contributed by atoms with van der Waals surface area (Å²) < 4.78 is 26.6. The molecule has 4 nitrogen and oxygen atoms in total. The summed E-state index contributed by atoms with van der Waals surface area (Å²) in [5, 5.41) is 2.30. The molecule has 0 radical (unpaired) electrons. The van der Waals surface area contributed by atoms with Gasteiger partial charge >= 0.3 is 0 Å². The van der Waals surface area contributed by atoms with E-state index in [0.29, 0.717) is 6.07 Å². The maximum absolute atomic E-state index is 13.5. The van der Waals surface area contributed by atoms with Crippen LogP contribution in [0, 0.1) is 11.6 Å². The van der Waals surface area contributed by atoms with Gasteiger partial charge in [0.2, 0.25) is 0 Å². The Morgan fingerprint density at radius 1 is 1.32 bits per heavy atom. The fourth-order valence-corrected chi connectivity index (χ4v) is 1.75. The highest BCUT2D eigenvalue weighted by atomic mass is 79.9. The number of carbonyl (C=O) groups excluding carboxylic acids is 1. The largest absolute Gasteiger partial charge is 0.398 e. The van der Waals surface area contributed by atoms with Crippen LogP contribution in [-0.2, 0) is 0 Å². The molecule has 0 atom stereocenters. The molecule has 2 rings (SSSR count). The first-order valence-electron chi connectivity index (χ1n) is 5.14. The quantitative estimate of drug-likeness (QED) is 0.833. The number of aromatic nitrogens is 1. The molecule has 98 valence electrons. The average molecular weight is 328 g/mol. The molecule has 1 aromatic heterocycles. The smallest absolute Gasteiger partial charge is 0.259 e. The molecule has 1 aromatic carbocycles. The molecule has 0 aliphatic rings. The van der Waals surface area contributed by atoms with Crippen molar-refractivity contribution in [1.82, 2.24) is 4.98 Å². The van der Waals surface area contributed by atoms with Crippen LogP contribution in [0.1, 0.15) is 10.4 Å². The molecule has 0 spiro atoms. The molecular weight excluding hydrogens is 320 g/mol. The third-order valence-electron chi connectivity index (χ3n) is 2.36. The van der Waals surface area contributed by atoms with Crippen LogP contribution in [-0.4, -0.2) is 10.9 Å². The van der Waals surface area contributed by atoms with Gasteiger partial charge in [-0.15, -0.1) is 0 Å². The molecule has 1 heterocycles. The number of hydrogen-bond acceptors (Lipinski definition) is 3. The van der Waals surface area contributed by atoms with Gasteiger partial charge in [0, 0.05) is 24.1 Å². The summed E-state index contributed by atoms with van der Waals surface area (Å²) in [5.41, 5.74) is 5.78. The number of benzene rings is 1. The Bertz CT molecular complexity index is 649. The zero-order valence-corrected chi connectivity index (χ0v) is 11.0. The van der Waals surface area contributed by atoms with Crippen molar-refractivity contribution < 1.29 is 13.6 Å².